The van der Waals surface area contributed by atoms with Gasteiger partial charge in [-0.2, -0.15) is 0 Å². The van der Waals surface area contributed by atoms with Gasteiger partial charge in [0.1, 0.15) is 12.3 Å². The molecule has 0 bridgehead atoms. The highest BCUT2D eigenvalue weighted by molar-refractivity contribution is 6.39. The average Bonchev–Trinajstić information content (AvgIpc) is 2.90. The lowest BCUT2D eigenvalue weighted by atomic mass is 10.1. The number of nitrogens with zero attached hydrogens (tertiary/aromatic N) is 1. The predicted octanol–water partition coefficient (Wildman–Crippen LogP) is 3.02. The molecule has 1 aromatic heterocycles. The van der Waals surface area contributed by atoms with Gasteiger partial charge in [0, 0.05) is 12.7 Å². The molecule has 1 amide bonds. The summed E-state index contributed by atoms with van der Waals surface area (Å²) in [6.07, 6.45) is 0. The molecule has 23 heavy (non-hydrogen) atoms. The lowest BCUT2D eigenvalue weighted by Gasteiger charge is -2.06. The highest BCUT2D eigenvalue weighted by Crippen LogP contribution is 2.38. The standard InChI is InChI=1S/C14H12Cl2N2O5/c1-21-6-9(19)17-13-11(14(20)22-2)12(18-23-13)10-7(15)4-3-5-8(10)16/h3-5H,6H2,1-2H3,(H,17,19). The molecule has 9 heteroatoms. The summed E-state index contributed by atoms with van der Waals surface area (Å²) in [7, 11) is 2.55. The van der Waals surface area contributed by atoms with Crippen molar-refractivity contribution >= 4 is 41.0 Å². The fourth-order valence-corrected chi connectivity index (χ4v) is 2.43. The summed E-state index contributed by atoms with van der Waals surface area (Å²) in [5.74, 6) is -1.46. The summed E-state index contributed by atoms with van der Waals surface area (Å²) in [6.45, 7) is -0.219. The van der Waals surface area contributed by atoms with Gasteiger partial charge in [0.25, 0.3) is 5.91 Å². The largest absolute Gasteiger partial charge is 0.465 e. The van der Waals surface area contributed by atoms with E-state index in [9.17, 15) is 9.59 Å². The molecule has 122 valence electrons. The monoisotopic (exact) mass is 358 g/mol. The van der Waals surface area contributed by atoms with Crippen LogP contribution in [0.3, 0.4) is 0 Å². The minimum atomic E-state index is -0.759. The van der Waals surface area contributed by atoms with E-state index in [2.05, 4.69) is 10.5 Å². The molecule has 0 aliphatic heterocycles. The SMILES string of the molecule is COCC(=O)Nc1onc(-c2c(Cl)cccc2Cl)c1C(=O)OC. The molecule has 0 aliphatic rings. The van der Waals surface area contributed by atoms with Crippen LogP contribution < -0.4 is 5.32 Å². The molecule has 1 aromatic carbocycles. The Hall–Kier alpha value is -2.09. The van der Waals surface area contributed by atoms with E-state index in [1.807, 2.05) is 0 Å². The molecule has 2 rings (SSSR count). The zero-order chi connectivity index (χ0) is 17.0. The maximum absolute atomic E-state index is 12.1. The van der Waals surface area contributed by atoms with Crippen molar-refractivity contribution in [2.75, 3.05) is 26.1 Å². The van der Waals surface area contributed by atoms with Gasteiger partial charge in [-0.3, -0.25) is 10.1 Å². The van der Waals surface area contributed by atoms with Crippen molar-refractivity contribution in [3.8, 4) is 11.3 Å². The molecule has 1 heterocycles. The first kappa shape index (κ1) is 17.3. The number of esters is 1. The number of halogens is 2. The van der Waals surface area contributed by atoms with Crippen LogP contribution in [-0.2, 0) is 14.3 Å². The summed E-state index contributed by atoms with van der Waals surface area (Å²) < 4.78 is 14.5. The first-order valence-electron chi connectivity index (χ1n) is 6.30. The Balaban J connectivity index is 2.55. The fourth-order valence-electron chi connectivity index (χ4n) is 1.86. The van der Waals surface area contributed by atoms with E-state index in [4.69, 9.17) is 37.2 Å². The first-order chi connectivity index (χ1) is 11.0. The van der Waals surface area contributed by atoms with Crippen LogP contribution in [0.15, 0.2) is 22.7 Å². The Morgan fingerprint density at radius 3 is 2.48 bits per heavy atom. The molecule has 0 saturated carbocycles. The number of carbonyl (C=O) groups excluding carboxylic acids is 2. The van der Waals surface area contributed by atoms with Crippen LogP contribution in [0.25, 0.3) is 11.3 Å². The number of rotatable bonds is 5. The number of hydrogen-bond acceptors (Lipinski definition) is 6. The van der Waals surface area contributed by atoms with Crippen molar-refractivity contribution in [1.82, 2.24) is 5.16 Å². The number of ether oxygens (including phenoxy) is 2. The second kappa shape index (κ2) is 7.45. The van der Waals surface area contributed by atoms with Crippen LogP contribution in [0.1, 0.15) is 10.4 Å². The molecule has 0 atom stereocenters. The zero-order valence-corrected chi connectivity index (χ0v) is 13.7. The Morgan fingerprint density at radius 1 is 1.26 bits per heavy atom. The van der Waals surface area contributed by atoms with Crippen molar-refractivity contribution in [2.24, 2.45) is 0 Å². The van der Waals surface area contributed by atoms with E-state index in [0.717, 1.165) is 0 Å². The van der Waals surface area contributed by atoms with Crippen LogP contribution >= 0.6 is 23.2 Å². The third-order valence-corrected chi connectivity index (χ3v) is 3.44. The van der Waals surface area contributed by atoms with E-state index in [-0.39, 0.29) is 33.8 Å². The van der Waals surface area contributed by atoms with Gasteiger partial charge in [-0.1, -0.05) is 34.4 Å². The molecule has 7 nitrogen and oxygen atoms in total. The lowest BCUT2D eigenvalue weighted by molar-refractivity contribution is -0.119. The van der Waals surface area contributed by atoms with E-state index >= 15 is 0 Å². The van der Waals surface area contributed by atoms with Gasteiger partial charge >= 0.3 is 5.97 Å². The smallest absolute Gasteiger partial charge is 0.345 e. The Morgan fingerprint density at radius 2 is 1.91 bits per heavy atom. The Labute approximate surface area is 141 Å². The van der Waals surface area contributed by atoms with E-state index in [0.29, 0.717) is 5.56 Å². The molecule has 0 saturated heterocycles. The third kappa shape index (κ3) is 3.64. The summed E-state index contributed by atoms with van der Waals surface area (Å²) >= 11 is 12.2. The highest BCUT2D eigenvalue weighted by Gasteiger charge is 2.28. The number of anilines is 1. The van der Waals surface area contributed by atoms with E-state index in [1.165, 1.54) is 14.2 Å². The molecule has 0 spiro atoms. The summed E-state index contributed by atoms with van der Waals surface area (Å²) in [5, 5.41) is 6.70. The van der Waals surface area contributed by atoms with Crippen molar-refractivity contribution < 1.29 is 23.6 Å². The van der Waals surface area contributed by atoms with Crippen molar-refractivity contribution in [3.63, 3.8) is 0 Å². The fraction of sp³-hybridized carbons (Fsp3) is 0.214. The molecule has 2 aromatic rings. The number of methoxy groups -OCH3 is 2. The summed E-state index contributed by atoms with van der Waals surface area (Å²) in [4.78, 5) is 23.7. The molecule has 0 fully saturated rings. The van der Waals surface area contributed by atoms with Crippen LogP contribution in [0.5, 0.6) is 0 Å². The van der Waals surface area contributed by atoms with Gasteiger partial charge in [0.2, 0.25) is 5.88 Å². The number of carbonyl (C=O) groups is 2. The topological polar surface area (TPSA) is 90.7 Å². The Bertz CT molecular complexity index is 725. The highest BCUT2D eigenvalue weighted by atomic mass is 35.5. The van der Waals surface area contributed by atoms with E-state index in [1.54, 1.807) is 18.2 Å². The molecule has 0 unspecified atom stereocenters. The number of amides is 1. The summed E-state index contributed by atoms with van der Waals surface area (Å²) in [6, 6.07) is 4.82. The normalized spacial score (nSPS) is 10.4. The second-order valence-corrected chi connectivity index (χ2v) is 5.12. The van der Waals surface area contributed by atoms with E-state index < -0.39 is 11.9 Å². The molecule has 0 radical (unpaired) electrons. The van der Waals surface area contributed by atoms with Gasteiger partial charge in [0.15, 0.2) is 5.56 Å². The van der Waals surface area contributed by atoms with Crippen molar-refractivity contribution in [2.45, 2.75) is 0 Å². The molecular formula is C14H12Cl2N2O5. The van der Waals surface area contributed by atoms with Crippen molar-refractivity contribution in [1.29, 1.82) is 0 Å². The number of aromatic nitrogens is 1. The number of hydrogen-bond donors (Lipinski definition) is 1. The van der Waals surface area contributed by atoms with Gasteiger partial charge in [-0.05, 0) is 12.1 Å². The lowest BCUT2D eigenvalue weighted by Crippen LogP contribution is -2.18. The van der Waals surface area contributed by atoms with Crippen LogP contribution in [0.2, 0.25) is 10.0 Å². The average molecular weight is 359 g/mol. The first-order valence-corrected chi connectivity index (χ1v) is 7.06. The quantitative estimate of drug-likeness (QED) is 0.826. The maximum atomic E-state index is 12.1. The van der Waals surface area contributed by atoms with Crippen molar-refractivity contribution in [3.05, 3.63) is 33.8 Å². The third-order valence-electron chi connectivity index (χ3n) is 2.81. The molecule has 1 N–H and O–H groups in total. The van der Waals surface area contributed by atoms with Crippen LogP contribution in [0.4, 0.5) is 5.88 Å². The van der Waals surface area contributed by atoms with Crippen LogP contribution in [0, 0.1) is 0 Å². The minimum Gasteiger partial charge on any atom is -0.465 e. The van der Waals surface area contributed by atoms with Gasteiger partial charge in [-0.15, -0.1) is 0 Å². The van der Waals surface area contributed by atoms with Gasteiger partial charge in [-0.25, -0.2) is 4.79 Å². The molecule has 0 aliphatic carbocycles. The maximum Gasteiger partial charge on any atom is 0.345 e. The predicted molar refractivity (Wildman–Crippen MR) is 83.8 cm³/mol. The summed E-state index contributed by atoms with van der Waals surface area (Å²) in [5.41, 5.74) is 0.277. The number of nitrogens with one attached hydrogen (secondary N) is 1. The Kier molecular flexibility index (Phi) is 5.59. The van der Waals surface area contributed by atoms with Gasteiger partial charge < -0.3 is 14.0 Å². The number of benzene rings is 1. The molecular weight excluding hydrogens is 347 g/mol. The zero-order valence-electron chi connectivity index (χ0n) is 12.2. The minimum absolute atomic E-state index is 0.0696. The van der Waals surface area contributed by atoms with Gasteiger partial charge in [0.05, 0.1) is 17.2 Å². The van der Waals surface area contributed by atoms with Crippen LogP contribution in [-0.4, -0.2) is 37.9 Å². The second-order valence-electron chi connectivity index (χ2n) is 4.30.